The Balaban J connectivity index is 2.52. The summed E-state index contributed by atoms with van der Waals surface area (Å²) in [7, 11) is 1.71. The van der Waals surface area contributed by atoms with Gasteiger partial charge in [-0.25, -0.2) is 0 Å². The molecule has 1 aliphatic heterocycles. The second kappa shape index (κ2) is 5.98. The summed E-state index contributed by atoms with van der Waals surface area (Å²) >= 11 is 0. The van der Waals surface area contributed by atoms with Gasteiger partial charge in [0.15, 0.2) is 0 Å². The molecular weight excluding hydrogens is 298 g/mol. The third-order valence-corrected chi connectivity index (χ3v) is 5.03. The molecule has 4 heteroatoms. The van der Waals surface area contributed by atoms with Crippen molar-refractivity contribution in [2.75, 3.05) is 11.9 Å². The van der Waals surface area contributed by atoms with E-state index in [2.05, 4.69) is 57.4 Å². The minimum Gasteiger partial charge on any atom is -0.361 e. The van der Waals surface area contributed by atoms with Crippen molar-refractivity contribution < 1.29 is 4.79 Å². The van der Waals surface area contributed by atoms with Gasteiger partial charge in [-0.1, -0.05) is 24.8 Å². The van der Waals surface area contributed by atoms with Crippen LogP contribution in [0.25, 0.3) is 0 Å². The van der Waals surface area contributed by atoms with E-state index >= 15 is 0 Å². The number of likely N-dealkylation sites (N-methyl/N-ethyl adjacent to an activating group) is 1. The van der Waals surface area contributed by atoms with Gasteiger partial charge in [0.05, 0.1) is 6.07 Å². The number of piperidine rings is 1. The Labute approximate surface area is 145 Å². The third-order valence-electron chi connectivity index (χ3n) is 5.03. The van der Waals surface area contributed by atoms with Crippen LogP contribution < -0.4 is 4.90 Å². The van der Waals surface area contributed by atoms with E-state index in [9.17, 15) is 10.1 Å². The lowest BCUT2D eigenvalue weighted by Crippen LogP contribution is -2.69. The lowest BCUT2D eigenvalue weighted by Gasteiger charge is -2.60. The molecule has 1 aromatic carbocycles. The summed E-state index contributed by atoms with van der Waals surface area (Å²) in [4.78, 5) is 16.1. The molecule has 0 N–H and O–H groups in total. The molecule has 1 aromatic rings. The Morgan fingerprint density at radius 3 is 2.12 bits per heavy atom. The number of para-hydroxylation sites is 1. The molecule has 0 unspecified atom stereocenters. The number of carbonyl (C=O) groups excluding carboxylic acids is 1. The number of anilines is 1. The van der Waals surface area contributed by atoms with Crippen molar-refractivity contribution in [3.8, 4) is 6.07 Å². The molecule has 2 rings (SSSR count). The van der Waals surface area contributed by atoms with Crippen LogP contribution in [0.15, 0.2) is 43.0 Å². The monoisotopic (exact) mass is 325 g/mol. The molecule has 0 radical (unpaired) electrons. The van der Waals surface area contributed by atoms with Gasteiger partial charge in [0.25, 0.3) is 0 Å². The number of nitriles is 1. The van der Waals surface area contributed by atoms with E-state index in [1.165, 1.54) is 6.08 Å². The van der Waals surface area contributed by atoms with E-state index < -0.39 is 5.54 Å². The lowest BCUT2D eigenvalue weighted by molar-refractivity contribution is -0.130. The number of nitrogens with zero attached hydrogens (tertiary/aromatic N) is 3. The number of benzene rings is 1. The maximum Gasteiger partial charge on any atom is 0.246 e. The maximum absolute atomic E-state index is 12.2. The topological polar surface area (TPSA) is 47.3 Å². The average Bonchev–Trinajstić information content (AvgIpc) is 2.51. The first-order valence-electron chi connectivity index (χ1n) is 8.26. The first-order valence-corrected chi connectivity index (χ1v) is 8.26. The summed E-state index contributed by atoms with van der Waals surface area (Å²) in [6.45, 7) is 12.1. The number of hydrogen-bond acceptors (Lipinski definition) is 3. The number of rotatable bonds is 3. The Morgan fingerprint density at radius 2 is 1.71 bits per heavy atom. The predicted octanol–water partition coefficient (Wildman–Crippen LogP) is 3.75. The highest BCUT2D eigenvalue weighted by Crippen LogP contribution is 2.47. The van der Waals surface area contributed by atoms with Crippen LogP contribution in [0, 0.1) is 11.3 Å². The zero-order valence-electron chi connectivity index (χ0n) is 15.3. The van der Waals surface area contributed by atoms with E-state index in [1.54, 1.807) is 11.9 Å². The van der Waals surface area contributed by atoms with Crippen molar-refractivity contribution in [1.29, 1.82) is 5.26 Å². The molecule has 1 heterocycles. The van der Waals surface area contributed by atoms with Gasteiger partial charge in [-0.3, -0.25) is 4.79 Å². The van der Waals surface area contributed by atoms with Crippen LogP contribution in [-0.4, -0.2) is 34.5 Å². The number of hydrogen-bond donors (Lipinski definition) is 0. The minimum absolute atomic E-state index is 0.212. The van der Waals surface area contributed by atoms with Crippen molar-refractivity contribution in [3.05, 3.63) is 43.0 Å². The van der Waals surface area contributed by atoms with Gasteiger partial charge in [0.1, 0.15) is 5.54 Å². The van der Waals surface area contributed by atoms with Crippen LogP contribution >= 0.6 is 0 Å². The molecule has 4 nitrogen and oxygen atoms in total. The summed E-state index contributed by atoms with van der Waals surface area (Å²) in [5, 5.41) is 9.98. The fraction of sp³-hybridized carbons (Fsp3) is 0.500. The van der Waals surface area contributed by atoms with Crippen LogP contribution in [0.3, 0.4) is 0 Å². The highest BCUT2D eigenvalue weighted by molar-refractivity contribution is 5.87. The van der Waals surface area contributed by atoms with Crippen LogP contribution in [0.5, 0.6) is 0 Å². The molecular formula is C20H27N3O. The van der Waals surface area contributed by atoms with E-state index in [0.717, 1.165) is 5.69 Å². The molecule has 1 fully saturated rings. The highest BCUT2D eigenvalue weighted by atomic mass is 16.2. The summed E-state index contributed by atoms with van der Waals surface area (Å²) in [5.74, 6) is -0.212. The Morgan fingerprint density at radius 1 is 1.21 bits per heavy atom. The molecule has 0 bridgehead atoms. The molecule has 0 aliphatic carbocycles. The summed E-state index contributed by atoms with van der Waals surface area (Å²) in [6, 6.07) is 12.7. The fourth-order valence-electron chi connectivity index (χ4n) is 4.49. The molecule has 0 saturated carbocycles. The van der Waals surface area contributed by atoms with E-state index in [4.69, 9.17) is 0 Å². The van der Waals surface area contributed by atoms with Gasteiger partial charge in [-0.2, -0.15) is 5.26 Å². The van der Waals surface area contributed by atoms with Crippen LogP contribution in [0.1, 0.15) is 40.5 Å². The Kier molecular flexibility index (Phi) is 4.50. The predicted molar refractivity (Wildman–Crippen MR) is 97.6 cm³/mol. The van der Waals surface area contributed by atoms with Crippen LogP contribution in [0.2, 0.25) is 0 Å². The highest BCUT2D eigenvalue weighted by Gasteiger charge is 2.55. The van der Waals surface area contributed by atoms with Crippen molar-refractivity contribution in [2.45, 2.75) is 57.2 Å². The SMILES string of the molecule is C=CC(=O)N(C)C1(C#N)CC(C)(C)N(c2ccccc2)C(C)(C)C1. The van der Waals surface area contributed by atoms with Crippen molar-refractivity contribution >= 4 is 11.6 Å². The van der Waals surface area contributed by atoms with Gasteiger partial charge in [0, 0.05) is 36.7 Å². The first kappa shape index (κ1) is 18.1. The van der Waals surface area contributed by atoms with E-state index in [-0.39, 0.29) is 17.0 Å². The number of amides is 1. The van der Waals surface area contributed by atoms with Gasteiger partial charge in [0.2, 0.25) is 5.91 Å². The number of carbonyl (C=O) groups is 1. The van der Waals surface area contributed by atoms with Gasteiger partial charge >= 0.3 is 0 Å². The maximum atomic E-state index is 12.2. The molecule has 0 spiro atoms. The first-order chi connectivity index (χ1) is 11.1. The van der Waals surface area contributed by atoms with E-state index in [1.807, 2.05) is 18.2 Å². The average molecular weight is 325 g/mol. The van der Waals surface area contributed by atoms with E-state index in [0.29, 0.717) is 12.8 Å². The second-order valence-electron chi connectivity index (χ2n) is 7.89. The summed E-state index contributed by atoms with van der Waals surface area (Å²) < 4.78 is 0. The fourth-order valence-corrected chi connectivity index (χ4v) is 4.49. The molecule has 1 amide bonds. The summed E-state index contributed by atoms with van der Waals surface area (Å²) in [6.07, 6.45) is 2.43. The van der Waals surface area contributed by atoms with Crippen LogP contribution in [-0.2, 0) is 4.79 Å². The standard InChI is InChI=1S/C20H27N3O/c1-7-17(24)22(6)20(15-21)13-18(2,3)23(19(4,5)14-20)16-11-9-8-10-12-16/h7-12H,1,13-14H2,2-6H3. The largest absolute Gasteiger partial charge is 0.361 e. The minimum atomic E-state index is -0.844. The molecule has 0 atom stereocenters. The van der Waals surface area contributed by atoms with Crippen molar-refractivity contribution in [3.63, 3.8) is 0 Å². The smallest absolute Gasteiger partial charge is 0.246 e. The van der Waals surface area contributed by atoms with Gasteiger partial charge in [-0.15, -0.1) is 0 Å². The summed E-state index contributed by atoms with van der Waals surface area (Å²) in [5.41, 5.74) is -0.274. The Bertz CT molecular complexity index is 652. The molecule has 1 saturated heterocycles. The van der Waals surface area contributed by atoms with Crippen molar-refractivity contribution in [1.82, 2.24) is 4.90 Å². The zero-order chi connectivity index (χ0) is 18.2. The molecule has 1 aliphatic rings. The molecule has 0 aromatic heterocycles. The van der Waals surface area contributed by atoms with Gasteiger partial charge < -0.3 is 9.80 Å². The lowest BCUT2D eigenvalue weighted by atomic mass is 9.68. The molecule has 128 valence electrons. The second-order valence-corrected chi connectivity index (χ2v) is 7.89. The quantitative estimate of drug-likeness (QED) is 0.795. The zero-order valence-corrected chi connectivity index (χ0v) is 15.3. The van der Waals surface area contributed by atoms with Crippen molar-refractivity contribution in [2.24, 2.45) is 0 Å². The van der Waals surface area contributed by atoms with Crippen LogP contribution in [0.4, 0.5) is 5.69 Å². The third kappa shape index (κ3) is 2.91. The van der Waals surface area contributed by atoms with Gasteiger partial charge in [-0.05, 0) is 45.9 Å². The normalized spacial score (nSPS) is 20.8. The Hall–Kier alpha value is -2.28. The molecule has 24 heavy (non-hydrogen) atoms.